The van der Waals surface area contributed by atoms with Crippen LogP contribution in [0.4, 0.5) is 0 Å². The molecule has 0 amide bonds. The van der Waals surface area contributed by atoms with Crippen molar-refractivity contribution in [1.29, 1.82) is 0 Å². The van der Waals surface area contributed by atoms with Gasteiger partial charge in [-0.05, 0) is 70.6 Å². The summed E-state index contributed by atoms with van der Waals surface area (Å²) in [5.74, 6) is -3.12. The molecule has 0 aromatic heterocycles. The van der Waals surface area contributed by atoms with Crippen molar-refractivity contribution >= 4 is 23.9 Å². The van der Waals surface area contributed by atoms with Crippen LogP contribution >= 0.6 is 0 Å². The third-order valence-electron chi connectivity index (χ3n) is 14.2. The van der Waals surface area contributed by atoms with Crippen molar-refractivity contribution < 1.29 is 58.2 Å². The fourth-order valence-electron chi connectivity index (χ4n) is 9.38. The number of rotatable bonds is 53. The lowest BCUT2D eigenvalue weighted by molar-refractivity contribution is -0.301. The van der Waals surface area contributed by atoms with E-state index in [0.29, 0.717) is 19.3 Å². The Morgan fingerprint density at radius 2 is 0.813 bits per heavy atom. The number of hydrogen-bond donors (Lipinski definition) is 3. The summed E-state index contributed by atoms with van der Waals surface area (Å²) in [6, 6.07) is 0. The first kappa shape index (κ1) is 70.0. The number of aliphatic hydroxyl groups excluding tert-OH is 2. The van der Waals surface area contributed by atoms with Gasteiger partial charge in [-0.1, -0.05) is 237 Å². The van der Waals surface area contributed by atoms with Crippen LogP contribution in [0.5, 0.6) is 0 Å². The highest BCUT2D eigenvalue weighted by Crippen LogP contribution is 2.27. The van der Waals surface area contributed by atoms with Crippen molar-refractivity contribution in [3.8, 4) is 0 Å². The Labute approximate surface area is 457 Å². The number of allylic oxidation sites excluding steroid dienone is 6. The maximum Gasteiger partial charge on any atom is 0.335 e. The zero-order chi connectivity index (χ0) is 54.7. The lowest BCUT2D eigenvalue weighted by Gasteiger charge is -2.40. The summed E-state index contributed by atoms with van der Waals surface area (Å²) >= 11 is 0. The van der Waals surface area contributed by atoms with Gasteiger partial charge in [-0.2, -0.15) is 0 Å². The average molecular weight is 1060 g/mol. The third-order valence-corrected chi connectivity index (χ3v) is 14.2. The molecule has 1 aliphatic heterocycles. The van der Waals surface area contributed by atoms with Crippen LogP contribution in [0.2, 0.25) is 0 Å². The number of unbranched alkanes of at least 4 members (excludes halogenated alkanes) is 33. The van der Waals surface area contributed by atoms with Gasteiger partial charge in [0.05, 0.1) is 6.61 Å². The van der Waals surface area contributed by atoms with Gasteiger partial charge in [-0.15, -0.1) is 0 Å². The van der Waals surface area contributed by atoms with Crippen LogP contribution in [0.25, 0.3) is 0 Å². The van der Waals surface area contributed by atoms with E-state index in [1.54, 1.807) is 0 Å². The van der Waals surface area contributed by atoms with E-state index in [0.717, 1.165) is 103 Å². The van der Waals surface area contributed by atoms with Crippen LogP contribution in [-0.4, -0.2) is 89.2 Å². The summed E-state index contributed by atoms with van der Waals surface area (Å²) in [6.07, 6.45) is 48.3. The standard InChI is InChI=1S/C63H112O12/c1-4-7-10-13-16-19-22-24-26-27-28-29-31-33-36-39-42-45-48-51-57(66)74-61-59(68)58(67)60(62(69)70)75-63(61)72-53-54(73-56(65)50-47-44-41-38-34-21-18-15-12-9-6-3)52-71-55(64)49-46-43-40-37-35-32-30-25-23-20-17-14-11-8-5-2/h15,17-18,20,25,30,54,58-61,63,67-68H,4-14,16,19,21-24,26-29,31-53H2,1-3H3,(H,69,70)/b18-15-,20-17-,30-25-. The lowest BCUT2D eigenvalue weighted by atomic mass is 9.98. The number of carboxylic acid groups (broad SMARTS) is 1. The molecule has 1 fully saturated rings. The van der Waals surface area contributed by atoms with Gasteiger partial charge in [0.15, 0.2) is 24.6 Å². The van der Waals surface area contributed by atoms with Gasteiger partial charge in [0, 0.05) is 19.3 Å². The van der Waals surface area contributed by atoms with Crippen molar-refractivity contribution in [3.63, 3.8) is 0 Å². The first-order chi connectivity index (χ1) is 36.6. The molecule has 1 rings (SSSR count). The zero-order valence-corrected chi connectivity index (χ0v) is 48.1. The Morgan fingerprint density at radius 3 is 1.28 bits per heavy atom. The van der Waals surface area contributed by atoms with Crippen molar-refractivity contribution in [2.45, 2.75) is 327 Å². The lowest BCUT2D eigenvalue weighted by Crippen LogP contribution is -2.61. The van der Waals surface area contributed by atoms with E-state index >= 15 is 0 Å². The molecule has 0 saturated carbocycles. The molecular formula is C63H112O12. The molecule has 0 spiro atoms. The van der Waals surface area contributed by atoms with E-state index in [-0.39, 0.29) is 25.9 Å². The molecule has 75 heavy (non-hydrogen) atoms. The first-order valence-electron chi connectivity index (χ1n) is 31.0. The minimum absolute atomic E-state index is 0.0637. The highest BCUT2D eigenvalue weighted by molar-refractivity contribution is 5.74. The van der Waals surface area contributed by atoms with E-state index in [2.05, 4.69) is 57.2 Å². The molecule has 436 valence electrons. The van der Waals surface area contributed by atoms with Crippen LogP contribution in [0.3, 0.4) is 0 Å². The predicted octanol–water partition coefficient (Wildman–Crippen LogP) is 16.0. The molecule has 12 nitrogen and oxygen atoms in total. The molecule has 6 atom stereocenters. The van der Waals surface area contributed by atoms with E-state index in [1.807, 2.05) is 0 Å². The van der Waals surface area contributed by atoms with Gasteiger partial charge in [-0.25, -0.2) is 4.79 Å². The molecule has 1 heterocycles. The van der Waals surface area contributed by atoms with Gasteiger partial charge in [-0.3, -0.25) is 14.4 Å². The number of hydrogen-bond acceptors (Lipinski definition) is 11. The van der Waals surface area contributed by atoms with Crippen LogP contribution in [-0.2, 0) is 42.9 Å². The topological polar surface area (TPSA) is 175 Å². The summed E-state index contributed by atoms with van der Waals surface area (Å²) in [5.41, 5.74) is 0. The molecule has 0 radical (unpaired) electrons. The molecule has 1 saturated heterocycles. The van der Waals surface area contributed by atoms with E-state index in [9.17, 15) is 34.5 Å². The van der Waals surface area contributed by atoms with Crippen LogP contribution in [0.1, 0.15) is 290 Å². The molecular weight excluding hydrogens is 949 g/mol. The van der Waals surface area contributed by atoms with E-state index in [1.165, 1.54) is 128 Å². The Kier molecular flexibility index (Phi) is 48.2. The Bertz CT molecular complexity index is 1450. The van der Waals surface area contributed by atoms with Gasteiger partial charge in [0.1, 0.15) is 18.8 Å². The number of carbonyl (C=O) groups excluding carboxylic acids is 3. The zero-order valence-electron chi connectivity index (χ0n) is 48.1. The van der Waals surface area contributed by atoms with Gasteiger partial charge >= 0.3 is 23.9 Å². The van der Waals surface area contributed by atoms with Crippen LogP contribution in [0.15, 0.2) is 36.5 Å². The van der Waals surface area contributed by atoms with Gasteiger partial charge in [0.25, 0.3) is 0 Å². The number of aliphatic hydroxyl groups is 2. The SMILES string of the molecule is CCCC/C=C\CCCCCCCC(=O)OC(COC(=O)CCCCCCC/C=C\C/C=C\CCCCC)COC1OC(C(=O)O)C(O)C(O)C1OC(=O)CCCCCCCCCCCCCCCCCCCCC. The maximum absolute atomic E-state index is 13.1. The highest BCUT2D eigenvalue weighted by atomic mass is 16.7. The summed E-state index contributed by atoms with van der Waals surface area (Å²) in [6.45, 7) is 5.94. The van der Waals surface area contributed by atoms with Crippen LogP contribution in [0, 0.1) is 0 Å². The molecule has 0 aromatic rings. The largest absolute Gasteiger partial charge is 0.479 e. The normalized spacial score (nSPS) is 18.3. The van der Waals surface area contributed by atoms with Crippen molar-refractivity contribution in [2.24, 2.45) is 0 Å². The van der Waals surface area contributed by atoms with Gasteiger partial charge in [0.2, 0.25) is 0 Å². The number of aliphatic carboxylic acids is 1. The molecule has 6 unspecified atom stereocenters. The molecule has 0 aliphatic carbocycles. The van der Waals surface area contributed by atoms with E-state index < -0.39 is 67.3 Å². The second-order valence-electron chi connectivity index (χ2n) is 21.3. The van der Waals surface area contributed by atoms with Crippen molar-refractivity contribution in [1.82, 2.24) is 0 Å². The number of carboxylic acids is 1. The van der Waals surface area contributed by atoms with Crippen molar-refractivity contribution in [2.75, 3.05) is 13.2 Å². The molecule has 12 heteroatoms. The van der Waals surface area contributed by atoms with E-state index in [4.69, 9.17) is 23.7 Å². The minimum atomic E-state index is -1.90. The second kappa shape index (κ2) is 51.7. The number of esters is 3. The molecule has 0 aromatic carbocycles. The van der Waals surface area contributed by atoms with Crippen molar-refractivity contribution in [3.05, 3.63) is 36.5 Å². The third kappa shape index (κ3) is 41.7. The Morgan fingerprint density at radius 1 is 0.440 bits per heavy atom. The summed E-state index contributed by atoms with van der Waals surface area (Å²) < 4.78 is 28.4. The smallest absolute Gasteiger partial charge is 0.335 e. The molecule has 0 bridgehead atoms. The highest BCUT2D eigenvalue weighted by Gasteiger charge is 2.50. The first-order valence-corrected chi connectivity index (χ1v) is 31.0. The fraction of sp³-hybridized carbons (Fsp3) is 0.841. The average Bonchev–Trinajstić information content (AvgIpc) is 3.39. The quantitative estimate of drug-likeness (QED) is 0.0228. The summed E-state index contributed by atoms with van der Waals surface area (Å²) in [4.78, 5) is 51.1. The van der Waals surface area contributed by atoms with Gasteiger partial charge < -0.3 is 39.0 Å². The second-order valence-corrected chi connectivity index (χ2v) is 21.3. The maximum atomic E-state index is 13.1. The predicted molar refractivity (Wildman–Crippen MR) is 303 cm³/mol. The molecule has 3 N–H and O–H groups in total. The number of carbonyl (C=O) groups is 4. The molecule has 1 aliphatic rings. The number of ether oxygens (including phenoxy) is 5. The summed E-state index contributed by atoms with van der Waals surface area (Å²) in [5, 5.41) is 31.5. The minimum Gasteiger partial charge on any atom is -0.479 e. The van der Waals surface area contributed by atoms with Crippen LogP contribution < -0.4 is 0 Å². The fourth-order valence-corrected chi connectivity index (χ4v) is 9.38. The Balaban J connectivity index is 2.63. The monoisotopic (exact) mass is 1060 g/mol. The summed E-state index contributed by atoms with van der Waals surface area (Å²) in [7, 11) is 0. The Hall–Kier alpha value is -3.06.